The Hall–Kier alpha value is -2.54. The van der Waals surface area contributed by atoms with Crippen molar-refractivity contribution in [1.82, 2.24) is 9.78 Å². The fourth-order valence-electron chi connectivity index (χ4n) is 1.99. The number of nitrogens with zero attached hydrogens (tertiary/aromatic N) is 2. The number of aryl methyl sites for hydroxylation is 2. The predicted molar refractivity (Wildman–Crippen MR) is 78.0 cm³/mol. The normalized spacial score (nSPS) is 12.1. The maximum Gasteiger partial charge on any atom is 0.242 e. The Morgan fingerprint density at radius 3 is 2.67 bits per heavy atom. The predicted octanol–water partition coefficient (Wildman–Crippen LogP) is 0.648. The largest absolute Gasteiger partial charge is 0.504 e. The third-order valence-corrected chi connectivity index (χ3v) is 3.09. The number of aromatic nitrogens is 2. The van der Waals surface area contributed by atoms with E-state index < -0.39 is 6.04 Å². The van der Waals surface area contributed by atoms with Crippen molar-refractivity contribution in [2.45, 2.75) is 19.4 Å². The van der Waals surface area contributed by atoms with Crippen molar-refractivity contribution < 1.29 is 15.0 Å². The summed E-state index contributed by atoms with van der Waals surface area (Å²) in [5, 5.41) is 25.5. The second-order valence-corrected chi connectivity index (χ2v) is 4.92. The molecular weight excluding hydrogens is 272 g/mol. The van der Waals surface area contributed by atoms with E-state index in [1.165, 1.54) is 12.1 Å². The fourth-order valence-corrected chi connectivity index (χ4v) is 1.99. The first kappa shape index (κ1) is 14.9. The van der Waals surface area contributed by atoms with Crippen molar-refractivity contribution in [2.24, 2.45) is 12.8 Å². The highest BCUT2D eigenvalue weighted by Crippen LogP contribution is 2.25. The molecule has 1 aromatic carbocycles. The van der Waals surface area contributed by atoms with Gasteiger partial charge < -0.3 is 21.3 Å². The van der Waals surface area contributed by atoms with Crippen LogP contribution in [0.3, 0.4) is 0 Å². The molecule has 0 bridgehead atoms. The van der Waals surface area contributed by atoms with Crippen molar-refractivity contribution in [1.29, 1.82) is 0 Å². The molecule has 0 saturated carbocycles. The number of benzene rings is 1. The molecule has 0 spiro atoms. The highest BCUT2D eigenvalue weighted by atomic mass is 16.3. The summed E-state index contributed by atoms with van der Waals surface area (Å²) >= 11 is 0. The molecule has 0 aliphatic heterocycles. The molecule has 0 radical (unpaired) electrons. The van der Waals surface area contributed by atoms with E-state index in [0.717, 1.165) is 5.69 Å². The molecule has 21 heavy (non-hydrogen) atoms. The molecule has 5 N–H and O–H groups in total. The smallest absolute Gasteiger partial charge is 0.242 e. The first-order valence-electron chi connectivity index (χ1n) is 6.44. The maximum atomic E-state index is 12.0. The number of aromatic hydroxyl groups is 2. The van der Waals surface area contributed by atoms with Crippen LogP contribution in [0.1, 0.15) is 11.3 Å². The Morgan fingerprint density at radius 2 is 2.10 bits per heavy atom. The second-order valence-electron chi connectivity index (χ2n) is 4.92. The van der Waals surface area contributed by atoms with Gasteiger partial charge in [0.05, 0.1) is 11.7 Å². The van der Waals surface area contributed by atoms with E-state index >= 15 is 0 Å². The van der Waals surface area contributed by atoms with Gasteiger partial charge in [0, 0.05) is 13.1 Å². The van der Waals surface area contributed by atoms with E-state index in [1.807, 2.05) is 6.92 Å². The molecule has 1 atom stereocenters. The van der Waals surface area contributed by atoms with Gasteiger partial charge in [0.25, 0.3) is 0 Å². The van der Waals surface area contributed by atoms with Crippen LogP contribution in [0, 0.1) is 6.92 Å². The van der Waals surface area contributed by atoms with Crippen molar-refractivity contribution in [3.05, 3.63) is 35.5 Å². The molecule has 0 aliphatic rings. The molecule has 7 heteroatoms. The molecule has 1 aromatic heterocycles. The van der Waals surface area contributed by atoms with E-state index in [-0.39, 0.29) is 23.8 Å². The van der Waals surface area contributed by atoms with Crippen LogP contribution in [-0.4, -0.2) is 31.9 Å². The molecule has 0 aliphatic carbocycles. The molecule has 1 amide bonds. The molecule has 7 nitrogen and oxygen atoms in total. The molecule has 2 aromatic rings. The second kappa shape index (κ2) is 5.84. The van der Waals surface area contributed by atoms with Crippen LogP contribution in [0.4, 0.5) is 5.82 Å². The van der Waals surface area contributed by atoms with Crippen molar-refractivity contribution in [3.8, 4) is 11.5 Å². The van der Waals surface area contributed by atoms with E-state index in [2.05, 4.69) is 10.4 Å². The van der Waals surface area contributed by atoms with Crippen LogP contribution in [0.2, 0.25) is 0 Å². The topological polar surface area (TPSA) is 113 Å². The first-order valence-corrected chi connectivity index (χ1v) is 6.44. The number of nitrogens with one attached hydrogen (secondary N) is 1. The zero-order valence-corrected chi connectivity index (χ0v) is 11.9. The number of amides is 1. The molecule has 2 rings (SSSR count). The lowest BCUT2D eigenvalue weighted by Crippen LogP contribution is -2.37. The summed E-state index contributed by atoms with van der Waals surface area (Å²) in [6, 6.07) is 5.33. The Labute approximate surface area is 122 Å². The molecular formula is C14H18N4O3. The SMILES string of the molecule is Cc1cc(NC(=O)[C@@H](N)Cc2ccc(O)c(O)c2)n(C)n1. The number of carbonyl (C=O) groups is 1. The van der Waals surface area contributed by atoms with Gasteiger partial charge in [0.1, 0.15) is 5.82 Å². The average Bonchev–Trinajstić information content (AvgIpc) is 2.72. The van der Waals surface area contributed by atoms with Gasteiger partial charge in [-0.2, -0.15) is 5.10 Å². The lowest BCUT2D eigenvalue weighted by atomic mass is 10.1. The minimum absolute atomic E-state index is 0.206. The van der Waals surface area contributed by atoms with E-state index in [9.17, 15) is 15.0 Å². The monoisotopic (exact) mass is 290 g/mol. The summed E-state index contributed by atoms with van der Waals surface area (Å²) in [7, 11) is 1.73. The van der Waals surface area contributed by atoms with Crippen LogP contribution in [0.5, 0.6) is 11.5 Å². The number of nitrogens with two attached hydrogens (primary N) is 1. The summed E-state index contributed by atoms with van der Waals surface area (Å²) in [6.45, 7) is 1.83. The third-order valence-electron chi connectivity index (χ3n) is 3.09. The van der Waals surface area contributed by atoms with Gasteiger partial charge in [-0.15, -0.1) is 0 Å². The third kappa shape index (κ3) is 3.51. The zero-order chi connectivity index (χ0) is 15.6. The van der Waals surface area contributed by atoms with Crippen LogP contribution in [-0.2, 0) is 18.3 Å². The van der Waals surface area contributed by atoms with Crippen LogP contribution in [0.15, 0.2) is 24.3 Å². The summed E-state index contributed by atoms with van der Waals surface area (Å²) in [4.78, 5) is 12.0. The van der Waals surface area contributed by atoms with Gasteiger partial charge in [-0.3, -0.25) is 9.48 Å². The van der Waals surface area contributed by atoms with Crippen LogP contribution < -0.4 is 11.1 Å². The molecule has 0 fully saturated rings. The fraction of sp³-hybridized carbons (Fsp3) is 0.286. The van der Waals surface area contributed by atoms with Gasteiger partial charge in [-0.1, -0.05) is 6.07 Å². The lowest BCUT2D eigenvalue weighted by molar-refractivity contribution is -0.117. The Balaban J connectivity index is 2.02. The Bertz CT molecular complexity index is 666. The molecule has 0 unspecified atom stereocenters. The number of anilines is 1. The van der Waals surface area contributed by atoms with Gasteiger partial charge in [-0.05, 0) is 31.0 Å². The minimum Gasteiger partial charge on any atom is -0.504 e. The van der Waals surface area contributed by atoms with Crippen molar-refractivity contribution in [3.63, 3.8) is 0 Å². The van der Waals surface area contributed by atoms with Gasteiger partial charge in [0.15, 0.2) is 11.5 Å². The summed E-state index contributed by atoms with van der Waals surface area (Å²) in [6.07, 6.45) is 0.247. The Kier molecular flexibility index (Phi) is 4.13. The van der Waals surface area contributed by atoms with Crippen molar-refractivity contribution in [2.75, 3.05) is 5.32 Å². The number of rotatable bonds is 4. The van der Waals surface area contributed by atoms with E-state index in [4.69, 9.17) is 5.73 Å². The van der Waals surface area contributed by atoms with Crippen LogP contribution in [0.25, 0.3) is 0 Å². The van der Waals surface area contributed by atoms with E-state index in [1.54, 1.807) is 23.9 Å². The first-order chi connectivity index (χ1) is 9.86. The highest BCUT2D eigenvalue weighted by Gasteiger charge is 2.16. The number of phenols is 2. The number of hydrogen-bond donors (Lipinski definition) is 4. The average molecular weight is 290 g/mol. The lowest BCUT2D eigenvalue weighted by Gasteiger charge is -2.12. The minimum atomic E-state index is -0.774. The highest BCUT2D eigenvalue weighted by molar-refractivity contribution is 5.94. The zero-order valence-electron chi connectivity index (χ0n) is 11.9. The quantitative estimate of drug-likeness (QED) is 0.617. The van der Waals surface area contributed by atoms with Gasteiger partial charge in [0.2, 0.25) is 5.91 Å². The molecule has 0 saturated heterocycles. The number of phenolic OH excluding ortho intramolecular Hbond substituents is 2. The van der Waals surface area contributed by atoms with E-state index in [0.29, 0.717) is 11.4 Å². The maximum absolute atomic E-state index is 12.0. The molecule has 112 valence electrons. The number of hydrogen-bond acceptors (Lipinski definition) is 5. The molecule has 1 heterocycles. The van der Waals surface area contributed by atoms with Gasteiger partial charge >= 0.3 is 0 Å². The standard InChI is InChI=1S/C14H18N4O3/c1-8-5-13(18(2)17-8)16-14(21)10(15)6-9-3-4-11(19)12(20)7-9/h3-5,7,10,19-20H,6,15H2,1-2H3,(H,16,21)/t10-/m0/s1. The van der Waals surface area contributed by atoms with Crippen molar-refractivity contribution >= 4 is 11.7 Å². The number of carbonyl (C=O) groups excluding carboxylic acids is 1. The summed E-state index contributed by atoms with van der Waals surface area (Å²) in [5.74, 6) is -0.212. The van der Waals surface area contributed by atoms with Crippen LogP contribution >= 0.6 is 0 Å². The summed E-state index contributed by atoms with van der Waals surface area (Å²) < 4.78 is 1.56. The Morgan fingerprint density at radius 1 is 1.38 bits per heavy atom. The van der Waals surface area contributed by atoms with Gasteiger partial charge in [-0.25, -0.2) is 0 Å². The summed E-state index contributed by atoms with van der Waals surface area (Å²) in [5.41, 5.74) is 7.31.